The summed E-state index contributed by atoms with van der Waals surface area (Å²) in [5.74, 6) is 0.147. The first-order chi connectivity index (χ1) is 10.5. The van der Waals surface area contributed by atoms with Crippen molar-refractivity contribution >= 4 is 28.5 Å². The third-order valence-corrected chi connectivity index (χ3v) is 3.68. The molecule has 2 N–H and O–H groups in total. The number of aromatic nitrogens is 1. The fourth-order valence-corrected chi connectivity index (χ4v) is 2.42. The maximum absolute atomic E-state index is 10.1. The summed E-state index contributed by atoms with van der Waals surface area (Å²) in [4.78, 5) is 9.48. The average Bonchev–Trinajstić information content (AvgIpc) is 2.80. The largest absolute Gasteiger partial charge is 0.494 e. The smallest absolute Gasteiger partial charge is 0.198 e. The summed E-state index contributed by atoms with van der Waals surface area (Å²) in [7, 11) is 4.01. The van der Waals surface area contributed by atoms with Gasteiger partial charge in [0.25, 0.3) is 0 Å². The minimum atomic E-state index is 0.147. The van der Waals surface area contributed by atoms with Gasteiger partial charge in [0.05, 0.1) is 11.3 Å². The van der Waals surface area contributed by atoms with Crippen LogP contribution in [0.5, 0.6) is 5.88 Å². The van der Waals surface area contributed by atoms with E-state index in [9.17, 15) is 5.11 Å². The van der Waals surface area contributed by atoms with E-state index in [1.165, 1.54) is 0 Å². The molecule has 0 aliphatic carbocycles. The SMILES string of the molecule is Cc1ccc2[nH]c(O)c(C=Nc3ccc(N(C)C)cc3)c2c1. The molecule has 3 rings (SSSR count). The molecule has 112 valence electrons. The summed E-state index contributed by atoms with van der Waals surface area (Å²) in [6.07, 6.45) is 1.71. The van der Waals surface area contributed by atoms with Gasteiger partial charge in [0.15, 0.2) is 5.88 Å². The summed E-state index contributed by atoms with van der Waals surface area (Å²) < 4.78 is 0. The third-order valence-electron chi connectivity index (χ3n) is 3.68. The van der Waals surface area contributed by atoms with E-state index in [1.807, 2.05) is 68.4 Å². The van der Waals surface area contributed by atoms with Crippen molar-refractivity contribution in [2.75, 3.05) is 19.0 Å². The Morgan fingerprint density at radius 3 is 2.50 bits per heavy atom. The quantitative estimate of drug-likeness (QED) is 0.717. The number of benzene rings is 2. The van der Waals surface area contributed by atoms with Crippen LogP contribution < -0.4 is 4.90 Å². The van der Waals surface area contributed by atoms with Crippen molar-refractivity contribution in [2.24, 2.45) is 4.99 Å². The van der Waals surface area contributed by atoms with Crippen LogP contribution in [-0.2, 0) is 0 Å². The predicted octanol–water partition coefficient (Wildman–Crippen LogP) is 4.00. The highest BCUT2D eigenvalue weighted by Crippen LogP contribution is 2.27. The normalized spacial score (nSPS) is 11.4. The Kier molecular flexibility index (Phi) is 3.59. The molecular formula is C18H19N3O. The zero-order chi connectivity index (χ0) is 15.7. The van der Waals surface area contributed by atoms with Crippen molar-refractivity contribution in [1.29, 1.82) is 0 Å². The number of nitrogens with one attached hydrogen (secondary N) is 1. The molecule has 0 bridgehead atoms. The summed E-state index contributed by atoms with van der Waals surface area (Å²) in [5.41, 5.74) is 4.76. The van der Waals surface area contributed by atoms with Gasteiger partial charge in [0.2, 0.25) is 0 Å². The van der Waals surface area contributed by atoms with Gasteiger partial charge >= 0.3 is 0 Å². The lowest BCUT2D eigenvalue weighted by Gasteiger charge is -2.11. The van der Waals surface area contributed by atoms with Crippen LogP contribution in [0.1, 0.15) is 11.1 Å². The fraction of sp³-hybridized carbons (Fsp3) is 0.167. The summed E-state index contributed by atoms with van der Waals surface area (Å²) in [5, 5.41) is 11.0. The lowest BCUT2D eigenvalue weighted by molar-refractivity contribution is 0.457. The van der Waals surface area contributed by atoms with Gasteiger partial charge in [0, 0.05) is 36.9 Å². The Labute approximate surface area is 129 Å². The highest BCUT2D eigenvalue weighted by Gasteiger charge is 2.08. The van der Waals surface area contributed by atoms with Crippen molar-refractivity contribution in [3.63, 3.8) is 0 Å². The first kappa shape index (κ1) is 14.2. The second-order valence-corrected chi connectivity index (χ2v) is 5.61. The van der Waals surface area contributed by atoms with Gasteiger partial charge in [-0.1, -0.05) is 11.6 Å². The number of fused-ring (bicyclic) bond motifs is 1. The molecule has 0 saturated heterocycles. The van der Waals surface area contributed by atoms with Crippen LogP contribution in [0.2, 0.25) is 0 Å². The van der Waals surface area contributed by atoms with Crippen LogP contribution in [0, 0.1) is 6.92 Å². The summed E-state index contributed by atoms with van der Waals surface area (Å²) in [6.45, 7) is 2.03. The number of hydrogen-bond donors (Lipinski definition) is 2. The Hall–Kier alpha value is -2.75. The second-order valence-electron chi connectivity index (χ2n) is 5.61. The predicted molar refractivity (Wildman–Crippen MR) is 92.7 cm³/mol. The number of nitrogens with zero attached hydrogens (tertiary/aromatic N) is 2. The van der Waals surface area contributed by atoms with Crippen molar-refractivity contribution in [2.45, 2.75) is 6.92 Å². The van der Waals surface area contributed by atoms with Gasteiger partial charge < -0.3 is 15.0 Å². The van der Waals surface area contributed by atoms with Crippen molar-refractivity contribution in [3.8, 4) is 5.88 Å². The number of aromatic hydroxyl groups is 1. The molecule has 4 nitrogen and oxygen atoms in total. The summed E-state index contributed by atoms with van der Waals surface area (Å²) >= 11 is 0. The Bertz CT molecular complexity index is 829. The second kappa shape index (κ2) is 5.56. The Morgan fingerprint density at radius 1 is 1.09 bits per heavy atom. The first-order valence-electron chi connectivity index (χ1n) is 7.17. The molecule has 0 saturated carbocycles. The molecule has 4 heteroatoms. The van der Waals surface area contributed by atoms with E-state index in [2.05, 4.69) is 9.98 Å². The molecule has 0 amide bonds. The Morgan fingerprint density at radius 2 is 1.82 bits per heavy atom. The van der Waals surface area contributed by atoms with E-state index in [0.29, 0.717) is 0 Å². The van der Waals surface area contributed by atoms with Gasteiger partial charge in [-0.15, -0.1) is 0 Å². The van der Waals surface area contributed by atoms with Gasteiger partial charge in [0.1, 0.15) is 0 Å². The number of hydrogen-bond acceptors (Lipinski definition) is 3. The maximum atomic E-state index is 10.1. The van der Waals surface area contributed by atoms with Crippen molar-refractivity contribution < 1.29 is 5.11 Å². The molecule has 1 aromatic heterocycles. The molecule has 0 unspecified atom stereocenters. The molecule has 0 aliphatic heterocycles. The number of aromatic amines is 1. The topological polar surface area (TPSA) is 51.6 Å². The standard InChI is InChI=1S/C18H19N3O/c1-12-4-9-17-15(10-12)16(18(22)20-17)11-19-13-5-7-14(8-6-13)21(2)3/h4-11,20,22H,1-3H3. The maximum Gasteiger partial charge on any atom is 0.198 e. The first-order valence-corrected chi connectivity index (χ1v) is 7.17. The minimum Gasteiger partial charge on any atom is -0.494 e. The van der Waals surface area contributed by atoms with Gasteiger partial charge in [-0.05, 0) is 43.3 Å². The number of H-pyrrole nitrogens is 1. The average molecular weight is 293 g/mol. The zero-order valence-corrected chi connectivity index (χ0v) is 13.0. The zero-order valence-electron chi connectivity index (χ0n) is 13.0. The van der Waals surface area contributed by atoms with Gasteiger partial charge in [-0.2, -0.15) is 0 Å². The van der Waals surface area contributed by atoms with E-state index in [1.54, 1.807) is 6.21 Å². The van der Waals surface area contributed by atoms with Crippen LogP contribution in [0.3, 0.4) is 0 Å². The molecule has 1 heterocycles. The van der Waals surface area contributed by atoms with Crippen molar-refractivity contribution in [3.05, 3.63) is 53.6 Å². The van der Waals surface area contributed by atoms with Gasteiger partial charge in [-0.25, -0.2) is 0 Å². The number of anilines is 1. The van der Waals surface area contributed by atoms with Crippen LogP contribution in [0.25, 0.3) is 10.9 Å². The molecule has 0 atom stereocenters. The molecule has 3 aromatic rings. The molecule has 0 radical (unpaired) electrons. The minimum absolute atomic E-state index is 0.147. The highest BCUT2D eigenvalue weighted by atomic mass is 16.3. The number of aryl methyl sites for hydroxylation is 1. The molecule has 2 aromatic carbocycles. The molecule has 0 fully saturated rings. The van der Waals surface area contributed by atoms with E-state index in [-0.39, 0.29) is 5.88 Å². The lowest BCUT2D eigenvalue weighted by Crippen LogP contribution is -2.07. The molecule has 0 aliphatic rings. The van der Waals surface area contributed by atoms with Crippen LogP contribution in [-0.4, -0.2) is 30.4 Å². The monoisotopic (exact) mass is 293 g/mol. The fourth-order valence-electron chi connectivity index (χ4n) is 2.42. The van der Waals surface area contributed by atoms with Gasteiger partial charge in [-0.3, -0.25) is 4.99 Å². The van der Waals surface area contributed by atoms with Crippen LogP contribution >= 0.6 is 0 Å². The lowest BCUT2D eigenvalue weighted by atomic mass is 10.1. The highest BCUT2D eigenvalue weighted by molar-refractivity contribution is 6.02. The molecule has 0 spiro atoms. The van der Waals surface area contributed by atoms with E-state index in [0.717, 1.165) is 33.4 Å². The van der Waals surface area contributed by atoms with Crippen molar-refractivity contribution in [1.82, 2.24) is 4.98 Å². The van der Waals surface area contributed by atoms with E-state index < -0.39 is 0 Å². The third kappa shape index (κ3) is 2.68. The number of rotatable bonds is 3. The Balaban J connectivity index is 1.95. The number of aliphatic imine (C=N–C) groups is 1. The van der Waals surface area contributed by atoms with E-state index in [4.69, 9.17) is 0 Å². The van der Waals surface area contributed by atoms with E-state index >= 15 is 0 Å². The van der Waals surface area contributed by atoms with Crippen LogP contribution in [0.15, 0.2) is 47.5 Å². The van der Waals surface area contributed by atoms with Crippen LogP contribution in [0.4, 0.5) is 11.4 Å². The summed E-state index contributed by atoms with van der Waals surface area (Å²) in [6, 6.07) is 14.0. The molecule has 22 heavy (non-hydrogen) atoms. The molecular weight excluding hydrogens is 274 g/mol.